The molecule has 4 nitrogen and oxygen atoms in total. The minimum absolute atomic E-state index is 0.108. The Bertz CT molecular complexity index is 1160. The number of alkyl halides is 3. The van der Waals surface area contributed by atoms with E-state index >= 15 is 0 Å². The van der Waals surface area contributed by atoms with Crippen LogP contribution < -0.4 is 5.32 Å². The highest BCUT2D eigenvalue weighted by Gasteiger charge is 2.42. The third-order valence-corrected chi connectivity index (χ3v) is 5.32. The maximum atomic E-state index is 13.8. The summed E-state index contributed by atoms with van der Waals surface area (Å²) in [6.07, 6.45) is -4.72. The van der Waals surface area contributed by atoms with Crippen LogP contribution in [-0.2, 0) is 22.1 Å². The van der Waals surface area contributed by atoms with Crippen LogP contribution >= 0.6 is 11.6 Å². The zero-order chi connectivity index (χ0) is 23.6. The molecule has 0 spiro atoms. The lowest BCUT2D eigenvalue weighted by Crippen LogP contribution is -2.30. The Morgan fingerprint density at radius 1 is 1.22 bits per heavy atom. The lowest BCUT2D eigenvalue weighted by atomic mass is 9.81. The Labute approximate surface area is 187 Å². The SMILES string of the molecule is [C-]#[N+]C1=C(Cc2ccc(Cl)cc2)NC(C)=C(C(=O)OC)C1c1ccc(F)cc1C(F)(F)F. The number of ether oxygens (including phenoxy) is 1. The Morgan fingerprint density at radius 3 is 2.44 bits per heavy atom. The summed E-state index contributed by atoms with van der Waals surface area (Å²) in [6, 6.07) is 8.94. The van der Waals surface area contributed by atoms with E-state index in [9.17, 15) is 22.4 Å². The van der Waals surface area contributed by atoms with Gasteiger partial charge < -0.3 is 10.1 Å². The molecule has 3 rings (SSSR count). The molecule has 0 amide bonds. The predicted molar refractivity (Wildman–Crippen MR) is 111 cm³/mol. The monoisotopic (exact) mass is 464 g/mol. The summed E-state index contributed by atoms with van der Waals surface area (Å²) < 4.78 is 59.9. The third kappa shape index (κ3) is 4.63. The number of esters is 1. The zero-order valence-electron chi connectivity index (χ0n) is 17.0. The molecule has 1 N–H and O–H groups in total. The van der Waals surface area contributed by atoms with Crippen LogP contribution in [0.3, 0.4) is 0 Å². The molecule has 0 radical (unpaired) electrons. The van der Waals surface area contributed by atoms with E-state index in [1.165, 1.54) is 6.92 Å². The van der Waals surface area contributed by atoms with Gasteiger partial charge in [0.05, 0.1) is 30.7 Å². The topological polar surface area (TPSA) is 42.7 Å². The lowest BCUT2D eigenvalue weighted by Gasteiger charge is -2.31. The summed E-state index contributed by atoms with van der Waals surface area (Å²) in [4.78, 5) is 16.0. The van der Waals surface area contributed by atoms with Crippen molar-refractivity contribution in [3.63, 3.8) is 0 Å². The van der Waals surface area contributed by atoms with Crippen molar-refractivity contribution in [2.45, 2.75) is 25.4 Å². The maximum absolute atomic E-state index is 13.8. The van der Waals surface area contributed by atoms with E-state index < -0.39 is 35.0 Å². The van der Waals surface area contributed by atoms with Crippen LogP contribution in [0.1, 0.15) is 29.5 Å². The fraction of sp³-hybridized carbons (Fsp3) is 0.217. The van der Waals surface area contributed by atoms with Crippen LogP contribution in [-0.4, -0.2) is 13.1 Å². The molecule has 32 heavy (non-hydrogen) atoms. The molecule has 1 aliphatic heterocycles. The summed E-state index contributed by atoms with van der Waals surface area (Å²) >= 11 is 5.91. The quantitative estimate of drug-likeness (QED) is 0.342. The Morgan fingerprint density at radius 2 is 1.88 bits per heavy atom. The summed E-state index contributed by atoms with van der Waals surface area (Å²) in [5, 5.41) is 3.48. The molecule has 0 bridgehead atoms. The summed E-state index contributed by atoms with van der Waals surface area (Å²) in [6.45, 7) is 9.22. The van der Waals surface area contributed by atoms with E-state index in [1.807, 2.05) is 0 Å². The average molecular weight is 465 g/mol. The van der Waals surface area contributed by atoms with Crippen molar-refractivity contribution in [1.29, 1.82) is 0 Å². The molecule has 0 fully saturated rings. The van der Waals surface area contributed by atoms with Crippen LogP contribution in [0, 0.1) is 12.4 Å². The molecular formula is C23H17ClF4N2O2. The highest BCUT2D eigenvalue weighted by atomic mass is 35.5. The van der Waals surface area contributed by atoms with Crippen molar-refractivity contribution in [2.75, 3.05) is 7.11 Å². The Kier molecular flexibility index (Phi) is 6.60. The molecule has 0 aromatic heterocycles. The number of dihydropyridines is 1. The van der Waals surface area contributed by atoms with Crippen LogP contribution in [0.5, 0.6) is 0 Å². The van der Waals surface area contributed by atoms with Crippen LogP contribution in [0.2, 0.25) is 5.02 Å². The number of carbonyl (C=O) groups excluding carboxylic acids is 1. The summed E-state index contributed by atoms with van der Waals surface area (Å²) in [7, 11) is 1.10. The highest BCUT2D eigenvalue weighted by molar-refractivity contribution is 6.30. The summed E-state index contributed by atoms with van der Waals surface area (Å²) in [5.74, 6) is -3.35. The van der Waals surface area contributed by atoms with Crippen LogP contribution in [0.15, 0.2) is 65.1 Å². The molecule has 1 heterocycles. The van der Waals surface area contributed by atoms with Crippen molar-refractivity contribution in [2.24, 2.45) is 0 Å². The molecule has 0 saturated heterocycles. The molecular weight excluding hydrogens is 448 g/mol. The Balaban J connectivity index is 2.25. The van der Waals surface area contributed by atoms with E-state index in [1.54, 1.807) is 24.3 Å². The number of nitrogens with one attached hydrogen (secondary N) is 1. The van der Waals surface area contributed by atoms with Crippen LogP contribution in [0.4, 0.5) is 17.6 Å². The van der Waals surface area contributed by atoms with E-state index in [2.05, 4.69) is 10.2 Å². The van der Waals surface area contributed by atoms with Gasteiger partial charge in [-0.2, -0.15) is 13.2 Å². The van der Waals surface area contributed by atoms with Gasteiger partial charge in [-0.05, 0) is 42.3 Å². The van der Waals surface area contributed by atoms with Crippen molar-refractivity contribution in [3.05, 3.63) is 104 Å². The number of rotatable bonds is 4. The largest absolute Gasteiger partial charge is 0.466 e. The molecule has 1 atom stereocenters. The van der Waals surface area contributed by atoms with E-state index in [0.29, 0.717) is 16.8 Å². The fourth-order valence-electron chi connectivity index (χ4n) is 3.67. The lowest BCUT2D eigenvalue weighted by molar-refractivity contribution is -0.139. The van der Waals surface area contributed by atoms with E-state index in [0.717, 1.165) is 24.8 Å². The second-order valence-corrected chi connectivity index (χ2v) is 7.53. The molecule has 2 aromatic carbocycles. The van der Waals surface area contributed by atoms with Crippen LogP contribution in [0.25, 0.3) is 4.85 Å². The maximum Gasteiger partial charge on any atom is 0.416 e. The summed E-state index contributed by atoms with van der Waals surface area (Å²) in [5.41, 5.74) is -0.587. The molecule has 9 heteroatoms. The standard InChI is InChI=1S/C23H17ClF4N2O2/c1-12-19(22(31)32-3)20(16-9-8-15(25)11-17(16)23(26,27)28)21(29-2)18(30-12)10-13-4-6-14(24)7-5-13/h4-9,11,20,30H,10H2,1,3H3. The molecule has 2 aromatic rings. The van der Waals surface area contributed by atoms with Crippen molar-refractivity contribution in [1.82, 2.24) is 5.32 Å². The van der Waals surface area contributed by atoms with Gasteiger partial charge in [-0.15, -0.1) is 0 Å². The smallest absolute Gasteiger partial charge is 0.416 e. The zero-order valence-corrected chi connectivity index (χ0v) is 17.7. The number of benzene rings is 2. The number of carbonyl (C=O) groups is 1. The van der Waals surface area contributed by atoms with Gasteiger partial charge in [0.15, 0.2) is 5.70 Å². The van der Waals surface area contributed by atoms with Gasteiger partial charge >= 0.3 is 12.1 Å². The van der Waals surface area contributed by atoms with Crippen molar-refractivity contribution < 1.29 is 27.1 Å². The fourth-order valence-corrected chi connectivity index (χ4v) is 3.79. The number of methoxy groups -OCH3 is 1. The first-order chi connectivity index (χ1) is 15.1. The number of hydrogen-bond acceptors (Lipinski definition) is 3. The highest BCUT2D eigenvalue weighted by Crippen LogP contribution is 2.45. The first-order valence-corrected chi connectivity index (χ1v) is 9.72. The second-order valence-electron chi connectivity index (χ2n) is 7.10. The molecule has 0 saturated carbocycles. The molecule has 1 aliphatic rings. The van der Waals surface area contributed by atoms with Gasteiger partial charge in [-0.25, -0.2) is 14.0 Å². The van der Waals surface area contributed by atoms with Gasteiger partial charge in [0, 0.05) is 22.8 Å². The predicted octanol–water partition coefficient (Wildman–Crippen LogP) is 6.01. The average Bonchev–Trinajstić information content (AvgIpc) is 2.74. The number of nitrogens with zero attached hydrogens (tertiary/aromatic N) is 1. The van der Waals surface area contributed by atoms with Gasteiger partial charge in [0.25, 0.3) is 0 Å². The second kappa shape index (κ2) is 9.05. The molecule has 0 aliphatic carbocycles. The first-order valence-electron chi connectivity index (χ1n) is 9.34. The number of hydrogen-bond donors (Lipinski definition) is 1. The van der Waals surface area contributed by atoms with Gasteiger partial charge in [0.1, 0.15) is 5.82 Å². The van der Waals surface area contributed by atoms with Gasteiger partial charge in [0.2, 0.25) is 0 Å². The minimum atomic E-state index is -4.90. The first kappa shape index (κ1) is 23.4. The van der Waals surface area contributed by atoms with Gasteiger partial charge in [-0.3, -0.25) is 0 Å². The molecule has 1 unspecified atom stereocenters. The number of allylic oxidation sites excluding steroid dienone is 3. The number of halogens is 5. The molecule has 166 valence electrons. The van der Waals surface area contributed by atoms with E-state index in [4.69, 9.17) is 22.9 Å². The minimum Gasteiger partial charge on any atom is -0.466 e. The van der Waals surface area contributed by atoms with Gasteiger partial charge in [-0.1, -0.05) is 29.8 Å². The van der Waals surface area contributed by atoms with E-state index in [-0.39, 0.29) is 23.4 Å². The van der Waals surface area contributed by atoms with Crippen molar-refractivity contribution in [3.8, 4) is 0 Å². The third-order valence-electron chi connectivity index (χ3n) is 5.07. The van der Waals surface area contributed by atoms with Crippen molar-refractivity contribution >= 4 is 17.6 Å². The Hall–Kier alpha value is -3.31. The normalized spacial score (nSPS) is 16.5.